The molecule has 144 valence electrons. The van der Waals surface area contributed by atoms with E-state index in [2.05, 4.69) is 10.0 Å². The van der Waals surface area contributed by atoms with E-state index < -0.39 is 10.0 Å². The molecule has 0 atom stereocenters. The number of sulfonamides is 1. The molecule has 0 saturated carbocycles. The van der Waals surface area contributed by atoms with Gasteiger partial charge in [-0.1, -0.05) is 18.2 Å². The fraction of sp³-hybridized carbons (Fsp3) is 0.190. The minimum atomic E-state index is -3.65. The summed E-state index contributed by atoms with van der Waals surface area (Å²) in [5.74, 6) is 0.736. The van der Waals surface area contributed by atoms with E-state index in [9.17, 15) is 13.2 Å². The summed E-state index contributed by atoms with van der Waals surface area (Å²) in [6.45, 7) is 0.193. The molecule has 7 heteroatoms. The second kappa shape index (κ2) is 7.26. The van der Waals surface area contributed by atoms with Gasteiger partial charge in [-0.25, -0.2) is 13.1 Å². The van der Waals surface area contributed by atoms with Gasteiger partial charge in [0, 0.05) is 18.7 Å². The van der Waals surface area contributed by atoms with Crippen LogP contribution in [0.25, 0.3) is 10.8 Å². The first kappa shape index (κ1) is 18.5. The first-order valence-electron chi connectivity index (χ1n) is 8.94. The Morgan fingerprint density at radius 3 is 2.61 bits per heavy atom. The highest BCUT2D eigenvalue weighted by atomic mass is 32.2. The Morgan fingerprint density at radius 1 is 1.00 bits per heavy atom. The lowest BCUT2D eigenvalue weighted by molar-refractivity contribution is -0.116. The lowest BCUT2D eigenvalue weighted by Gasteiger charge is -2.17. The van der Waals surface area contributed by atoms with Gasteiger partial charge in [0.05, 0.1) is 12.0 Å². The van der Waals surface area contributed by atoms with Crippen molar-refractivity contribution in [2.24, 2.45) is 0 Å². The molecule has 1 heterocycles. The number of ether oxygens (including phenoxy) is 1. The Bertz CT molecular complexity index is 1170. The highest BCUT2D eigenvalue weighted by Gasteiger charge is 2.19. The standard InChI is InChI=1S/C21H20N2O4S/c1-27-18-6-4-15-10-14(2-3-16(15)11-18)13-22-28(25,26)19-7-8-20-17(12-19)5-9-21(24)23-20/h2-4,6-8,10-12,22H,5,9,13H2,1H3,(H,23,24). The van der Waals surface area contributed by atoms with Crippen LogP contribution >= 0.6 is 0 Å². The van der Waals surface area contributed by atoms with Crippen molar-refractivity contribution < 1.29 is 17.9 Å². The van der Waals surface area contributed by atoms with Crippen LogP contribution in [0.2, 0.25) is 0 Å². The van der Waals surface area contributed by atoms with Gasteiger partial charge in [-0.05, 0) is 64.7 Å². The largest absolute Gasteiger partial charge is 0.497 e. The Kier molecular flexibility index (Phi) is 4.78. The lowest BCUT2D eigenvalue weighted by atomic mass is 10.0. The third-order valence-corrected chi connectivity index (χ3v) is 6.26. The maximum Gasteiger partial charge on any atom is 0.240 e. The molecule has 6 nitrogen and oxygen atoms in total. The van der Waals surface area contributed by atoms with Crippen molar-refractivity contribution in [2.45, 2.75) is 24.3 Å². The number of methoxy groups -OCH3 is 1. The van der Waals surface area contributed by atoms with Gasteiger partial charge >= 0.3 is 0 Å². The molecular formula is C21H20N2O4S. The summed E-state index contributed by atoms with van der Waals surface area (Å²) in [6.07, 6.45) is 0.907. The van der Waals surface area contributed by atoms with Crippen molar-refractivity contribution >= 4 is 32.4 Å². The average Bonchev–Trinajstić information content (AvgIpc) is 2.71. The number of hydrogen-bond acceptors (Lipinski definition) is 4. The van der Waals surface area contributed by atoms with E-state index in [-0.39, 0.29) is 17.3 Å². The van der Waals surface area contributed by atoms with Crippen LogP contribution in [-0.2, 0) is 27.8 Å². The van der Waals surface area contributed by atoms with Crippen LogP contribution in [0.4, 0.5) is 5.69 Å². The highest BCUT2D eigenvalue weighted by Crippen LogP contribution is 2.26. The van der Waals surface area contributed by atoms with Gasteiger partial charge < -0.3 is 10.1 Å². The van der Waals surface area contributed by atoms with Crippen LogP contribution < -0.4 is 14.8 Å². The van der Waals surface area contributed by atoms with E-state index in [0.29, 0.717) is 18.5 Å². The number of aryl methyl sites for hydroxylation is 1. The number of benzene rings is 3. The average molecular weight is 396 g/mol. The Morgan fingerprint density at radius 2 is 1.79 bits per heavy atom. The number of fused-ring (bicyclic) bond motifs is 2. The van der Waals surface area contributed by atoms with Gasteiger partial charge in [0.2, 0.25) is 15.9 Å². The fourth-order valence-electron chi connectivity index (χ4n) is 3.30. The maximum absolute atomic E-state index is 12.7. The minimum absolute atomic E-state index is 0.0462. The van der Waals surface area contributed by atoms with Crippen molar-refractivity contribution in [1.29, 1.82) is 0 Å². The molecule has 1 aliphatic heterocycles. The molecule has 1 amide bonds. The predicted octanol–water partition coefficient (Wildman–Crippen LogP) is 3.21. The molecule has 0 spiro atoms. The van der Waals surface area contributed by atoms with E-state index in [1.54, 1.807) is 19.2 Å². The number of rotatable bonds is 5. The molecule has 2 N–H and O–H groups in total. The fourth-order valence-corrected chi connectivity index (χ4v) is 4.37. The van der Waals surface area contributed by atoms with Crippen LogP contribution in [0.1, 0.15) is 17.5 Å². The first-order valence-corrected chi connectivity index (χ1v) is 10.4. The van der Waals surface area contributed by atoms with E-state index in [0.717, 1.165) is 27.6 Å². The SMILES string of the molecule is COc1ccc2cc(CNS(=O)(=O)c3ccc4c(c3)CCC(=O)N4)ccc2c1. The lowest BCUT2D eigenvalue weighted by Crippen LogP contribution is -2.24. The van der Waals surface area contributed by atoms with E-state index in [1.807, 2.05) is 36.4 Å². The van der Waals surface area contributed by atoms with Crippen molar-refractivity contribution in [2.75, 3.05) is 12.4 Å². The van der Waals surface area contributed by atoms with Crippen molar-refractivity contribution in [1.82, 2.24) is 4.72 Å². The minimum Gasteiger partial charge on any atom is -0.497 e. The molecule has 4 rings (SSSR count). The number of nitrogens with one attached hydrogen (secondary N) is 2. The van der Waals surface area contributed by atoms with Crippen LogP contribution in [0, 0.1) is 0 Å². The summed E-state index contributed by atoms with van der Waals surface area (Å²) in [4.78, 5) is 11.6. The Balaban J connectivity index is 1.52. The van der Waals surface area contributed by atoms with Crippen molar-refractivity contribution in [3.63, 3.8) is 0 Å². The molecule has 0 aromatic heterocycles. The molecular weight excluding hydrogens is 376 g/mol. The van der Waals surface area contributed by atoms with Crippen LogP contribution in [0.3, 0.4) is 0 Å². The monoisotopic (exact) mass is 396 g/mol. The highest BCUT2D eigenvalue weighted by molar-refractivity contribution is 7.89. The predicted molar refractivity (Wildman–Crippen MR) is 108 cm³/mol. The summed E-state index contributed by atoms with van der Waals surface area (Å²) in [6, 6.07) is 16.4. The first-order chi connectivity index (χ1) is 13.4. The van der Waals surface area contributed by atoms with Gasteiger partial charge in [-0.2, -0.15) is 0 Å². The van der Waals surface area contributed by atoms with Crippen molar-refractivity contribution in [3.8, 4) is 5.75 Å². The van der Waals surface area contributed by atoms with E-state index in [4.69, 9.17) is 4.74 Å². The number of carbonyl (C=O) groups excluding carboxylic acids is 1. The van der Waals surface area contributed by atoms with E-state index >= 15 is 0 Å². The van der Waals surface area contributed by atoms with Crippen LogP contribution in [0.15, 0.2) is 59.5 Å². The van der Waals surface area contributed by atoms with Crippen LogP contribution in [0.5, 0.6) is 5.75 Å². The molecule has 0 fully saturated rings. The summed E-state index contributed by atoms with van der Waals surface area (Å²) in [5, 5.41) is 4.80. The topological polar surface area (TPSA) is 84.5 Å². The molecule has 28 heavy (non-hydrogen) atoms. The number of hydrogen-bond donors (Lipinski definition) is 2. The molecule has 0 radical (unpaired) electrons. The molecule has 0 aliphatic carbocycles. The zero-order valence-electron chi connectivity index (χ0n) is 15.4. The van der Waals surface area contributed by atoms with Gasteiger partial charge in [-0.15, -0.1) is 0 Å². The molecule has 0 saturated heterocycles. The van der Waals surface area contributed by atoms with Gasteiger partial charge in [0.15, 0.2) is 0 Å². The third kappa shape index (κ3) is 3.72. The number of anilines is 1. The molecule has 0 unspecified atom stereocenters. The normalized spacial score (nSPS) is 13.8. The zero-order chi connectivity index (χ0) is 19.7. The Hall–Kier alpha value is -2.90. The quantitative estimate of drug-likeness (QED) is 0.694. The second-order valence-electron chi connectivity index (χ2n) is 6.74. The van der Waals surface area contributed by atoms with E-state index in [1.165, 1.54) is 6.07 Å². The molecule has 3 aromatic carbocycles. The maximum atomic E-state index is 12.7. The molecule has 3 aromatic rings. The second-order valence-corrected chi connectivity index (χ2v) is 8.51. The summed E-state index contributed by atoms with van der Waals surface area (Å²) in [7, 11) is -2.03. The van der Waals surface area contributed by atoms with Gasteiger partial charge in [-0.3, -0.25) is 4.79 Å². The van der Waals surface area contributed by atoms with Gasteiger partial charge in [0.25, 0.3) is 0 Å². The molecule has 1 aliphatic rings. The summed E-state index contributed by atoms with van der Waals surface area (Å²) >= 11 is 0. The third-order valence-electron chi connectivity index (χ3n) is 4.86. The zero-order valence-corrected chi connectivity index (χ0v) is 16.2. The van der Waals surface area contributed by atoms with Crippen molar-refractivity contribution in [3.05, 3.63) is 65.7 Å². The summed E-state index contributed by atoms with van der Waals surface area (Å²) < 4.78 is 33.3. The summed E-state index contributed by atoms with van der Waals surface area (Å²) in [5.41, 5.74) is 2.38. The smallest absolute Gasteiger partial charge is 0.240 e. The van der Waals surface area contributed by atoms with Gasteiger partial charge in [0.1, 0.15) is 5.75 Å². The Labute approximate surface area is 163 Å². The number of amides is 1. The number of carbonyl (C=O) groups is 1. The van der Waals surface area contributed by atoms with Crippen LogP contribution in [-0.4, -0.2) is 21.4 Å². The molecule has 0 bridgehead atoms.